The molecule has 3 N–H and O–H groups in total. The van der Waals surface area contributed by atoms with Crippen molar-refractivity contribution in [1.29, 1.82) is 0 Å². The number of thioether (sulfide) groups is 1. The van der Waals surface area contributed by atoms with Crippen LogP contribution in [0.1, 0.15) is 51.0 Å². The molecule has 10 heteroatoms. The van der Waals surface area contributed by atoms with Gasteiger partial charge >= 0.3 is 6.18 Å². The van der Waals surface area contributed by atoms with E-state index in [0.717, 1.165) is 42.8 Å². The highest BCUT2D eigenvalue weighted by molar-refractivity contribution is 8.00. The summed E-state index contributed by atoms with van der Waals surface area (Å²) in [5.74, 6) is 0.485. The number of aromatic amines is 1. The molecule has 0 amide bonds. The maximum atomic E-state index is 13.5. The van der Waals surface area contributed by atoms with E-state index >= 15 is 0 Å². The van der Waals surface area contributed by atoms with E-state index in [9.17, 15) is 27.9 Å². The Kier molecular flexibility index (Phi) is 9.11. The van der Waals surface area contributed by atoms with E-state index in [1.807, 2.05) is 0 Å². The molecule has 0 saturated heterocycles. The number of phenols is 1. The van der Waals surface area contributed by atoms with E-state index in [1.165, 1.54) is 43.5 Å². The van der Waals surface area contributed by atoms with Gasteiger partial charge in [0.15, 0.2) is 0 Å². The number of carbonyl (C=O) groups excluding carboxylic acids is 1. The van der Waals surface area contributed by atoms with Gasteiger partial charge in [0.25, 0.3) is 5.56 Å². The molecule has 1 unspecified atom stereocenters. The SMILES string of the molecule is CCC(CC1CC1)NCCCC(=O)CSc1c(-c2cc(Cl)ccc2O)c2cc(C(F)(F)F)ccc2[nH]c1=O. The molecule has 38 heavy (non-hydrogen) atoms. The first kappa shape index (κ1) is 28.5. The highest BCUT2D eigenvalue weighted by Gasteiger charge is 2.31. The lowest BCUT2D eigenvalue weighted by atomic mass is 9.98. The van der Waals surface area contributed by atoms with Gasteiger partial charge in [-0.15, -0.1) is 11.8 Å². The molecule has 0 aliphatic heterocycles. The number of aromatic hydroxyl groups is 1. The summed E-state index contributed by atoms with van der Waals surface area (Å²) < 4.78 is 40.5. The Labute approximate surface area is 228 Å². The smallest absolute Gasteiger partial charge is 0.416 e. The number of nitrogens with one attached hydrogen (secondary N) is 2. The van der Waals surface area contributed by atoms with Crippen LogP contribution < -0.4 is 10.9 Å². The molecule has 1 fully saturated rings. The van der Waals surface area contributed by atoms with Crippen LogP contribution in [-0.4, -0.2) is 34.2 Å². The number of alkyl halides is 3. The first-order chi connectivity index (χ1) is 18.1. The van der Waals surface area contributed by atoms with Gasteiger partial charge in [0.1, 0.15) is 11.5 Å². The molecule has 1 heterocycles. The first-order valence-electron chi connectivity index (χ1n) is 12.7. The van der Waals surface area contributed by atoms with Gasteiger partial charge in [0, 0.05) is 39.5 Å². The summed E-state index contributed by atoms with van der Waals surface area (Å²) in [7, 11) is 0. The normalized spacial score (nSPS) is 14.7. The van der Waals surface area contributed by atoms with Crippen molar-refractivity contribution in [2.75, 3.05) is 12.3 Å². The van der Waals surface area contributed by atoms with E-state index in [4.69, 9.17) is 11.6 Å². The van der Waals surface area contributed by atoms with Crippen LogP contribution in [0.3, 0.4) is 0 Å². The Bertz CT molecular complexity index is 1370. The minimum Gasteiger partial charge on any atom is -0.507 e. The van der Waals surface area contributed by atoms with Crippen LogP contribution in [-0.2, 0) is 11.0 Å². The van der Waals surface area contributed by atoms with E-state index in [-0.39, 0.29) is 49.2 Å². The number of carbonyl (C=O) groups is 1. The molecular formula is C28H30ClF3N2O3S. The average molecular weight is 567 g/mol. The fourth-order valence-corrected chi connectivity index (χ4v) is 5.70. The van der Waals surface area contributed by atoms with Crippen LogP contribution in [0, 0.1) is 5.92 Å². The quantitative estimate of drug-likeness (QED) is 0.160. The van der Waals surface area contributed by atoms with E-state index < -0.39 is 17.3 Å². The summed E-state index contributed by atoms with van der Waals surface area (Å²) in [6, 6.07) is 7.62. The van der Waals surface area contributed by atoms with Gasteiger partial charge in [-0.1, -0.05) is 31.4 Å². The van der Waals surface area contributed by atoms with E-state index in [2.05, 4.69) is 17.2 Å². The lowest BCUT2D eigenvalue weighted by Gasteiger charge is -2.16. The number of hydrogen-bond donors (Lipinski definition) is 3. The van der Waals surface area contributed by atoms with Gasteiger partial charge in [-0.2, -0.15) is 13.2 Å². The Morgan fingerprint density at radius 3 is 2.68 bits per heavy atom. The first-order valence-corrected chi connectivity index (χ1v) is 14.1. The largest absolute Gasteiger partial charge is 0.507 e. The van der Waals surface area contributed by atoms with Gasteiger partial charge in [0.05, 0.1) is 16.2 Å². The van der Waals surface area contributed by atoms with E-state index in [0.29, 0.717) is 18.9 Å². The molecule has 0 radical (unpaired) electrons. The minimum absolute atomic E-state index is 0.0266. The zero-order chi connectivity index (χ0) is 27.4. The van der Waals surface area contributed by atoms with Crippen LogP contribution in [0.4, 0.5) is 13.2 Å². The van der Waals surface area contributed by atoms with Crippen molar-refractivity contribution in [3.8, 4) is 16.9 Å². The Morgan fingerprint density at radius 2 is 2.00 bits per heavy atom. The number of halogens is 4. The molecule has 2 aromatic carbocycles. The lowest BCUT2D eigenvalue weighted by Crippen LogP contribution is -2.30. The molecule has 1 aliphatic rings. The number of Topliss-reactive ketones (excluding diaryl/α,β-unsaturated/α-hetero) is 1. The zero-order valence-electron chi connectivity index (χ0n) is 21.0. The monoisotopic (exact) mass is 566 g/mol. The van der Waals surface area contributed by atoms with Gasteiger partial charge in [-0.05, 0) is 68.1 Å². The molecule has 4 rings (SSSR count). The predicted molar refractivity (Wildman–Crippen MR) is 146 cm³/mol. The molecule has 1 aromatic heterocycles. The fraction of sp³-hybridized carbons (Fsp3) is 0.429. The van der Waals surface area contributed by atoms with Crippen molar-refractivity contribution >= 4 is 40.0 Å². The number of fused-ring (bicyclic) bond motifs is 1. The Balaban J connectivity index is 1.57. The molecule has 5 nitrogen and oxygen atoms in total. The highest BCUT2D eigenvalue weighted by atomic mass is 35.5. The number of hydrogen-bond acceptors (Lipinski definition) is 5. The molecule has 1 atom stereocenters. The summed E-state index contributed by atoms with van der Waals surface area (Å²) in [6.07, 6.45) is 1.18. The minimum atomic E-state index is -4.61. The van der Waals surface area contributed by atoms with Crippen molar-refractivity contribution in [3.05, 3.63) is 57.3 Å². The summed E-state index contributed by atoms with van der Waals surface area (Å²) in [6.45, 7) is 2.87. The molecule has 1 aliphatic carbocycles. The van der Waals surface area contributed by atoms with Gasteiger partial charge in [-0.3, -0.25) is 9.59 Å². The zero-order valence-corrected chi connectivity index (χ0v) is 22.5. The summed E-state index contributed by atoms with van der Waals surface area (Å²) >= 11 is 7.09. The molecule has 0 spiro atoms. The summed E-state index contributed by atoms with van der Waals surface area (Å²) in [5, 5.41) is 14.4. The highest BCUT2D eigenvalue weighted by Crippen LogP contribution is 2.42. The molecule has 3 aromatic rings. The van der Waals surface area contributed by atoms with Crippen LogP contribution >= 0.6 is 23.4 Å². The predicted octanol–water partition coefficient (Wildman–Crippen LogP) is 7.18. The number of phenolic OH excluding ortho intramolecular Hbond substituents is 1. The number of H-pyrrole nitrogens is 1. The summed E-state index contributed by atoms with van der Waals surface area (Å²) in [4.78, 5) is 28.4. The third-order valence-electron chi connectivity index (χ3n) is 6.78. The van der Waals surface area contributed by atoms with Crippen molar-refractivity contribution in [2.45, 2.75) is 62.6 Å². The third-order valence-corrected chi connectivity index (χ3v) is 8.16. The van der Waals surface area contributed by atoms with Gasteiger partial charge < -0.3 is 15.4 Å². The van der Waals surface area contributed by atoms with Crippen LogP contribution in [0.15, 0.2) is 46.1 Å². The van der Waals surface area contributed by atoms with Crippen LogP contribution in [0.25, 0.3) is 22.0 Å². The second-order valence-electron chi connectivity index (χ2n) is 9.75. The third kappa shape index (κ3) is 7.12. The maximum Gasteiger partial charge on any atom is 0.416 e. The van der Waals surface area contributed by atoms with Gasteiger partial charge in [0.2, 0.25) is 0 Å². The molecular weight excluding hydrogens is 537 g/mol. The number of pyridine rings is 1. The lowest BCUT2D eigenvalue weighted by molar-refractivity contribution is -0.137. The van der Waals surface area contributed by atoms with Crippen LogP contribution in [0.2, 0.25) is 5.02 Å². The number of ketones is 1. The number of aromatic nitrogens is 1. The fourth-order valence-electron chi connectivity index (χ4n) is 4.53. The molecule has 204 valence electrons. The van der Waals surface area contributed by atoms with Crippen molar-refractivity contribution in [1.82, 2.24) is 10.3 Å². The molecule has 0 bridgehead atoms. The van der Waals surface area contributed by atoms with Crippen molar-refractivity contribution < 1.29 is 23.1 Å². The Hall–Kier alpha value is -2.49. The second-order valence-corrected chi connectivity index (χ2v) is 11.2. The number of rotatable bonds is 12. The van der Waals surface area contributed by atoms with Crippen LogP contribution in [0.5, 0.6) is 5.75 Å². The standard InChI is InChI=1S/C28H30ClF3N2O3S/c1-2-19(12-16-5-6-16)33-11-3-4-20(35)15-38-26-25(22-14-18(29)8-10-24(22)36)21-13-17(28(30,31)32)7-9-23(21)34-27(26)37/h7-10,13-14,16,19,33,36H,2-6,11-12,15H2,1H3,(H,34,37). The van der Waals surface area contributed by atoms with Crippen molar-refractivity contribution in [3.63, 3.8) is 0 Å². The Morgan fingerprint density at radius 1 is 1.24 bits per heavy atom. The average Bonchev–Trinajstić information content (AvgIpc) is 3.69. The second kappa shape index (κ2) is 12.1. The van der Waals surface area contributed by atoms with Crippen molar-refractivity contribution in [2.24, 2.45) is 5.92 Å². The topological polar surface area (TPSA) is 82.2 Å². The number of benzene rings is 2. The summed E-state index contributed by atoms with van der Waals surface area (Å²) in [5.41, 5.74) is -1.05. The molecule has 1 saturated carbocycles. The van der Waals surface area contributed by atoms with E-state index in [1.54, 1.807) is 0 Å². The van der Waals surface area contributed by atoms with Gasteiger partial charge in [-0.25, -0.2) is 0 Å². The maximum absolute atomic E-state index is 13.5.